The largest absolute Gasteiger partial charge is 0.464 e. The van der Waals surface area contributed by atoms with E-state index in [2.05, 4.69) is 33.5 Å². The Kier molecular flexibility index (Phi) is 23.3. The predicted molar refractivity (Wildman–Crippen MR) is 219 cm³/mol. The van der Waals surface area contributed by atoms with E-state index in [1.54, 1.807) is 36.4 Å². The van der Waals surface area contributed by atoms with Gasteiger partial charge >= 0.3 is 11.9 Å². The molecule has 0 saturated heterocycles. The molecule has 0 aliphatic rings. The smallest absolute Gasteiger partial charge is 0.328 e. The Labute approximate surface area is 340 Å². The first-order chi connectivity index (χ1) is 27.3. The quantitative estimate of drug-likeness (QED) is 0.0504. The zero-order chi connectivity index (χ0) is 42.0. The van der Waals surface area contributed by atoms with Crippen molar-refractivity contribution in [1.82, 2.24) is 31.5 Å². The second-order valence-corrected chi connectivity index (χ2v) is 14.8. The fourth-order valence-electron chi connectivity index (χ4n) is 5.50. The number of thioether (sulfide) groups is 1. The lowest BCUT2D eigenvalue weighted by Gasteiger charge is -2.23. The zero-order valence-corrected chi connectivity index (χ0v) is 34.7. The third-order valence-electron chi connectivity index (χ3n) is 8.53. The molecule has 0 bridgehead atoms. The molecule has 0 aromatic heterocycles. The van der Waals surface area contributed by atoms with Crippen LogP contribution in [0.4, 0.5) is 0 Å². The predicted octanol–water partition coefficient (Wildman–Crippen LogP) is 2.30. The summed E-state index contributed by atoms with van der Waals surface area (Å²) >= 11 is 1.53. The highest BCUT2D eigenvalue weighted by Gasteiger charge is 2.28. The molecule has 15 nitrogen and oxygen atoms in total. The van der Waals surface area contributed by atoms with Crippen LogP contribution in [0, 0.1) is 0 Å². The molecule has 3 atom stereocenters. The normalized spacial score (nSPS) is 12.4. The average Bonchev–Trinajstić information content (AvgIpc) is 3.17. The van der Waals surface area contributed by atoms with Gasteiger partial charge in [-0.15, -0.1) is 0 Å². The molecule has 2 rings (SSSR count). The number of esters is 2. The first kappa shape index (κ1) is 48.2. The van der Waals surface area contributed by atoms with Gasteiger partial charge in [-0.3, -0.25) is 28.8 Å². The molecule has 5 N–H and O–H groups in total. The number of carbonyl (C=O) groups is 7. The first-order valence-corrected chi connectivity index (χ1v) is 20.8. The van der Waals surface area contributed by atoms with Gasteiger partial charge in [0.2, 0.25) is 29.5 Å². The minimum absolute atomic E-state index is 0.0895. The molecule has 2 aromatic carbocycles. The Morgan fingerprint density at radius 2 is 1.37 bits per heavy atom. The van der Waals surface area contributed by atoms with Gasteiger partial charge in [-0.25, -0.2) is 4.79 Å². The molecule has 0 aliphatic carbocycles. The fourth-order valence-corrected chi connectivity index (χ4v) is 5.97. The van der Waals surface area contributed by atoms with E-state index in [4.69, 9.17) is 9.47 Å². The number of nitrogens with one attached hydrogen (secondary N) is 5. The zero-order valence-electron chi connectivity index (χ0n) is 33.9. The van der Waals surface area contributed by atoms with Crippen molar-refractivity contribution in [3.05, 3.63) is 65.7 Å². The van der Waals surface area contributed by atoms with E-state index >= 15 is 0 Å². The summed E-state index contributed by atoms with van der Waals surface area (Å²) in [5.74, 6) is -2.94. The number of carbonyl (C=O) groups excluding carboxylic acids is 7. The number of ether oxygens (including phenoxy) is 2. The van der Waals surface area contributed by atoms with Crippen LogP contribution < -0.4 is 31.3 Å². The van der Waals surface area contributed by atoms with Crippen LogP contribution in [0.1, 0.15) is 69.9 Å². The van der Waals surface area contributed by atoms with Crippen molar-refractivity contribution in [1.29, 1.82) is 0 Å². The third-order valence-corrected chi connectivity index (χ3v) is 9.18. The van der Waals surface area contributed by atoms with Crippen LogP contribution in [0.3, 0.4) is 0 Å². The molecular weight excluding hydrogens is 753 g/mol. The molecule has 0 aliphatic heterocycles. The molecule has 0 spiro atoms. The lowest BCUT2D eigenvalue weighted by molar-refractivity contribution is -0.148. The highest BCUT2D eigenvalue weighted by Crippen LogP contribution is 2.15. The molecule has 2 aromatic rings. The molecule has 3 unspecified atom stereocenters. The van der Waals surface area contributed by atoms with Gasteiger partial charge in [0, 0.05) is 26.2 Å². The Morgan fingerprint density at radius 3 is 2.00 bits per heavy atom. The molecule has 0 saturated carbocycles. The van der Waals surface area contributed by atoms with Gasteiger partial charge in [0.1, 0.15) is 23.9 Å². The van der Waals surface area contributed by atoms with Gasteiger partial charge < -0.3 is 41.0 Å². The highest BCUT2D eigenvalue weighted by atomic mass is 32.2. The second kappa shape index (κ2) is 27.6. The molecule has 57 heavy (non-hydrogen) atoms. The monoisotopic (exact) mass is 812 g/mol. The lowest BCUT2D eigenvalue weighted by Crippen LogP contribution is -2.54. The van der Waals surface area contributed by atoms with E-state index in [0.29, 0.717) is 29.9 Å². The molecular formula is C41H60N6O9S. The molecule has 0 radical (unpaired) electrons. The number of unbranched alkanes of at least 4 members (excludes halogenated alkanes) is 3. The minimum Gasteiger partial charge on any atom is -0.464 e. The summed E-state index contributed by atoms with van der Waals surface area (Å²) in [6.45, 7) is 3.39. The van der Waals surface area contributed by atoms with Crippen molar-refractivity contribution in [2.24, 2.45) is 0 Å². The van der Waals surface area contributed by atoms with Crippen molar-refractivity contribution in [3.63, 3.8) is 0 Å². The molecule has 5 amide bonds. The molecule has 314 valence electrons. The van der Waals surface area contributed by atoms with Crippen molar-refractivity contribution in [2.45, 2.75) is 89.8 Å². The summed E-state index contributed by atoms with van der Waals surface area (Å²) in [6, 6.07) is 12.6. The van der Waals surface area contributed by atoms with Crippen LogP contribution in [-0.2, 0) is 51.1 Å². The summed E-state index contributed by atoms with van der Waals surface area (Å²) in [5, 5.41) is 12.9. The van der Waals surface area contributed by atoms with E-state index < -0.39 is 66.7 Å². The molecule has 0 fully saturated rings. The van der Waals surface area contributed by atoms with E-state index in [9.17, 15) is 33.6 Å². The van der Waals surface area contributed by atoms with E-state index in [0.717, 1.165) is 37.8 Å². The van der Waals surface area contributed by atoms with Gasteiger partial charge in [-0.05, 0) is 75.2 Å². The molecule has 0 heterocycles. The van der Waals surface area contributed by atoms with Crippen LogP contribution in [0.25, 0.3) is 0 Å². The summed E-state index contributed by atoms with van der Waals surface area (Å²) in [7, 11) is 3.84. The summed E-state index contributed by atoms with van der Waals surface area (Å²) < 4.78 is 10.8. The van der Waals surface area contributed by atoms with Gasteiger partial charge in [0.05, 0.1) is 19.7 Å². The minimum atomic E-state index is -1.07. The van der Waals surface area contributed by atoms with Crippen LogP contribution in [-0.4, -0.2) is 117 Å². The second-order valence-electron chi connectivity index (χ2n) is 13.9. The number of nitrogens with zero attached hydrogens (tertiary/aromatic N) is 1. The van der Waals surface area contributed by atoms with Gasteiger partial charge in [-0.1, -0.05) is 68.7 Å². The number of hydrogen-bond donors (Lipinski definition) is 5. The van der Waals surface area contributed by atoms with E-state index in [1.807, 2.05) is 43.5 Å². The standard InChI is InChI=1S/C41H60N6O9S/c1-6-7-8-12-23-55-41(54)33(21-24-57-5)46-40(53)35(25-30-14-10-9-11-15-30)45-37(50)28-42-36(49)27-43-39(52)34(44-29(2)48)26-31-17-19-32(20-18-31)56-38(51)16-13-22-47(3)4/h9-11,14-15,17-20,33-35H,6-8,12-13,16,21-28H2,1-5H3,(H,42,49)(H,43,52)(H,44,48)(H,45,50)(H,46,53). The van der Waals surface area contributed by atoms with Crippen LogP contribution >= 0.6 is 11.8 Å². The number of amides is 5. The molecule has 16 heteroatoms. The summed E-state index contributed by atoms with van der Waals surface area (Å²) in [6.07, 6.45) is 7.14. The SMILES string of the molecule is CCCCCCOC(=O)C(CCSC)NC(=O)C(Cc1ccccc1)NC(=O)CNC(=O)CNC(=O)C(Cc1ccc(OC(=O)CCCN(C)C)cc1)NC(C)=O. The van der Waals surface area contributed by atoms with Crippen molar-refractivity contribution < 1.29 is 43.0 Å². The maximum atomic E-state index is 13.5. The highest BCUT2D eigenvalue weighted by molar-refractivity contribution is 7.98. The Hall–Kier alpha value is -4.96. The van der Waals surface area contributed by atoms with E-state index in [-0.39, 0.29) is 31.8 Å². The number of hydrogen-bond acceptors (Lipinski definition) is 11. The Bertz CT molecular complexity index is 1580. The maximum absolute atomic E-state index is 13.5. The number of rotatable bonds is 27. The van der Waals surface area contributed by atoms with Crippen molar-refractivity contribution >= 4 is 53.2 Å². The summed E-state index contributed by atoms with van der Waals surface area (Å²) in [4.78, 5) is 91.3. The van der Waals surface area contributed by atoms with Crippen molar-refractivity contribution in [2.75, 3.05) is 52.3 Å². The summed E-state index contributed by atoms with van der Waals surface area (Å²) in [5.41, 5.74) is 1.43. The van der Waals surface area contributed by atoms with Crippen LogP contribution in [0.15, 0.2) is 54.6 Å². The average molecular weight is 813 g/mol. The van der Waals surface area contributed by atoms with Gasteiger partial charge in [0.25, 0.3) is 0 Å². The Morgan fingerprint density at radius 1 is 0.719 bits per heavy atom. The van der Waals surface area contributed by atoms with Crippen LogP contribution in [0.2, 0.25) is 0 Å². The lowest BCUT2D eigenvalue weighted by atomic mass is 10.0. The first-order valence-electron chi connectivity index (χ1n) is 19.4. The van der Waals surface area contributed by atoms with Gasteiger partial charge in [-0.2, -0.15) is 11.8 Å². The van der Waals surface area contributed by atoms with Gasteiger partial charge in [0.15, 0.2) is 0 Å². The Balaban J connectivity index is 1.96. The van der Waals surface area contributed by atoms with Crippen LogP contribution in [0.5, 0.6) is 5.75 Å². The maximum Gasteiger partial charge on any atom is 0.328 e. The van der Waals surface area contributed by atoms with Crippen molar-refractivity contribution in [3.8, 4) is 5.75 Å². The third kappa shape index (κ3) is 21.2. The fraction of sp³-hybridized carbons (Fsp3) is 0.537. The van der Waals surface area contributed by atoms with E-state index in [1.165, 1.54) is 18.7 Å². The topological polar surface area (TPSA) is 201 Å². The number of benzene rings is 2.